The first-order chi connectivity index (χ1) is 10.4. The van der Waals surface area contributed by atoms with Gasteiger partial charge in [0.05, 0.1) is 14.2 Å². The molecule has 0 aliphatic rings. The third kappa shape index (κ3) is 2.43. The summed E-state index contributed by atoms with van der Waals surface area (Å²) in [6.07, 6.45) is 2.74. The van der Waals surface area contributed by atoms with Crippen LogP contribution in [0, 0.1) is 12.3 Å². The topological polar surface area (TPSA) is 90.3 Å². The van der Waals surface area contributed by atoms with Gasteiger partial charge in [-0.05, 0) is 24.6 Å². The number of pyridine rings is 1. The second-order valence-electron chi connectivity index (χ2n) is 4.94. The molecule has 0 radical (unpaired) electrons. The van der Waals surface area contributed by atoms with Crippen LogP contribution in [-0.4, -0.2) is 25.0 Å². The standard InChI is InChI=1S/C16H19N3O3/c1-9-13(21-3)5-10(6-14(9)22-4)12-8-19(2)16(20)15(18)11(12)7-17/h5-8,17H,18H2,1-4H3. The van der Waals surface area contributed by atoms with Gasteiger partial charge in [-0.15, -0.1) is 0 Å². The molecule has 3 N–H and O–H groups in total. The molecule has 0 unspecified atom stereocenters. The average Bonchev–Trinajstić information content (AvgIpc) is 2.52. The van der Waals surface area contributed by atoms with Crippen LogP contribution in [0.15, 0.2) is 23.1 Å². The van der Waals surface area contributed by atoms with Gasteiger partial charge in [0.15, 0.2) is 0 Å². The van der Waals surface area contributed by atoms with Crippen LogP contribution in [-0.2, 0) is 7.05 Å². The Hall–Kier alpha value is -2.76. The van der Waals surface area contributed by atoms with E-state index in [9.17, 15) is 4.79 Å². The van der Waals surface area contributed by atoms with E-state index in [1.165, 1.54) is 4.57 Å². The van der Waals surface area contributed by atoms with E-state index in [2.05, 4.69) is 0 Å². The van der Waals surface area contributed by atoms with Gasteiger partial charge in [-0.3, -0.25) is 4.79 Å². The molecule has 0 amide bonds. The van der Waals surface area contributed by atoms with Crippen LogP contribution in [0.5, 0.6) is 11.5 Å². The minimum atomic E-state index is -0.326. The molecule has 2 rings (SSSR count). The minimum absolute atomic E-state index is 0.0495. The van der Waals surface area contributed by atoms with Gasteiger partial charge in [-0.1, -0.05) is 0 Å². The number of aryl methyl sites for hydroxylation is 1. The van der Waals surface area contributed by atoms with E-state index < -0.39 is 0 Å². The molecule has 6 nitrogen and oxygen atoms in total. The lowest BCUT2D eigenvalue weighted by Gasteiger charge is -2.15. The van der Waals surface area contributed by atoms with Gasteiger partial charge in [0, 0.05) is 36.1 Å². The lowest BCUT2D eigenvalue weighted by atomic mass is 9.99. The molecule has 0 saturated carbocycles. The van der Waals surface area contributed by atoms with Gasteiger partial charge in [-0.25, -0.2) is 0 Å². The van der Waals surface area contributed by atoms with Crippen molar-refractivity contribution in [2.75, 3.05) is 20.0 Å². The fraction of sp³-hybridized carbons (Fsp3) is 0.250. The Morgan fingerprint density at radius 2 is 1.77 bits per heavy atom. The maximum atomic E-state index is 11.9. The minimum Gasteiger partial charge on any atom is -0.496 e. The molecule has 6 heteroatoms. The number of ether oxygens (including phenoxy) is 2. The second kappa shape index (κ2) is 5.93. The monoisotopic (exact) mass is 301 g/mol. The summed E-state index contributed by atoms with van der Waals surface area (Å²) in [5.74, 6) is 1.33. The molecule has 0 atom stereocenters. The maximum Gasteiger partial charge on any atom is 0.274 e. The number of anilines is 1. The van der Waals surface area contributed by atoms with Crippen LogP contribution < -0.4 is 20.8 Å². The van der Waals surface area contributed by atoms with Crippen LogP contribution in [0.25, 0.3) is 11.1 Å². The number of rotatable bonds is 4. The molecule has 1 aromatic heterocycles. The number of hydrogen-bond acceptors (Lipinski definition) is 5. The molecule has 0 aliphatic carbocycles. The summed E-state index contributed by atoms with van der Waals surface area (Å²) in [5.41, 5.74) is 8.28. The number of nitrogens with two attached hydrogens (primary N) is 1. The summed E-state index contributed by atoms with van der Waals surface area (Å²) in [6.45, 7) is 1.90. The zero-order valence-electron chi connectivity index (χ0n) is 13.1. The number of methoxy groups -OCH3 is 2. The molecule has 0 aliphatic heterocycles. The maximum absolute atomic E-state index is 11.9. The molecule has 2 aromatic rings. The highest BCUT2D eigenvalue weighted by molar-refractivity contribution is 5.94. The predicted octanol–water partition coefficient (Wildman–Crippen LogP) is 1.96. The summed E-state index contributed by atoms with van der Waals surface area (Å²) in [5, 5.41) is 7.57. The lowest BCUT2D eigenvalue weighted by Crippen LogP contribution is -2.22. The van der Waals surface area contributed by atoms with Crippen LogP contribution in [0.1, 0.15) is 11.1 Å². The molecule has 1 aromatic carbocycles. The van der Waals surface area contributed by atoms with E-state index in [0.29, 0.717) is 22.6 Å². The molecule has 0 fully saturated rings. The molecule has 22 heavy (non-hydrogen) atoms. The van der Waals surface area contributed by atoms with Gasteiger partial charge in [0.2, 0.25) is 0 Å². The van der Waals surface area contributed by atoms with E-state index in [4.69, 9.17) is 20.6 Å². The SMILES string of the molecule is COc1cc(-c2cn(C)c(=O)c(N)c2C=N)cc(OC)c1C. The Morgan fingerprint density at radius 3 is 2.23 bits per heavy atom. The van der Waals surface area contributed by atoms with Crippen molar-refractivity contribution < 1.29 is 9.47 Å². The summed E-state index contributed by atoms with van der Waals surface area (Å²) in [6, 6.07) is 3.67. The van der Waals surface area contributed by atoms with Crippen LogP contribution in [0.2, 0.25) is 0 Å². The summed E-state index contributed by atoms with van der Waals surface area (Å²) < 4.78 is 12.1. The predicted molar refractivity (Wildman–Crippen MR) is 87.3 cm³/mol. The highest BCUT2D eigenvalue weighted by Gasteiger charge is 2.15. The number of benzene rings is 1. The molecule has 0 saturated heterocycles. The van der Waals surface area contributed by atoms with Crippen molar-refractivity contribution in [3.05, 3.63) is 39.8 Å². The zero-order valence-corrected chi connectivity index (χ0v) is 13.1. The van der Waals surface area contributed by atoms with Gasteiger partial charge < -0.3 is 25.2 Å². The fourth-order valence-corrected chi connectivity index (χ4v) is 2.40. The van der Waals surface area contributed by atoms with E-state index in [-0.39, 0.29) is 11.2 Å². The highest BCUT2D eigenvalue weighted by Crippen LogP contribution is 2.35. The Kier molecular flexibility index (Phi) is 4.21. The normalized spacial score (nSPS) is 10.4. The molecule has 0 bridgehead atoms. The number of hydrogen-bond donors (Lipinski definition) is 2. The third-order valence-corrected chi connectivity index (χ3v) is 3.66. The summed E-state index contributed by atoms with van der Waals surface area (Å²) in [7, 11) is 4.79. The van der Waals surface area contributed by atoms with Crippen LogP contribution in [0.3, 0.4) is 0 Å². The van der Waals surface area contributed by atoms with E-state index in [1.807, 2.05) is 19.1 Å². The lowest BCUT2D eigenvalue weighted by molar-refractivity contribution is 0.389. The fourth-order valence-electron chi connectivity index (χ4n) is 2.40. The van der Waals surface area contributed by atoms with Gasteiger partial charge in [0.1, 0.15) is 17.2 Å². The smallest absolute Gasteiger partial charge is 0.274 e. The first-order valence-corrected chi connectivity index (χ1v) is 6.67. The van der Waals surface area contributed by atoms with E-state index in [1.54, 1.807) is 27.5 Å². The van der Waals surface area contributed by atoms with Gasteiger partial charge >= 0.3 is 0 Å². The Morgan fingerprint density at radius 1 is 1.23 bits per heavy atom. The van der Waals surface area contributed by atoms with Crippen molar-refractivity contribution in [2.24, 2.45) is 7.05 Å². The van der Waals surface area contributed by atoms with E-state index in [0.717, 1.165) is 17.3 Å². The van der Waals surface area contributed by atoms with Crippen LogP contribution >= 0.6 is 0 Å². The molecule has 0 spiro atoms. The number of nitrogens with zero attached hydrogens (tertiary/aromatic N) is 1. The molecular formula is C16H19N3O3. The van der Waals surface area contributed by atoms with E-state index >= 15 is 0 Å². The first-order valence-electron chi connectivity index (χ1n) is 6.67. The summed E-state index contributed by atoms with van der Waals surface area (Å²) in [4.78, 5) is 11.9. The molecule has 1 heterocycles. The Balaban J connectivity index is 2.82. The second-order valence-corrected chi connectivity index (χ2v) is 4.94. The van der Waals surface area contributed by atoms with Crippen molar-refractivity contribution >= 4 is 11.9 Å². The number of nitrogen functional groups attached to an aromatic ring is 1. The average molecular weight is 301 g/mol. The third-order valence-electron chi connectivity index (χ3n) is 3.66. The van der Waals surface area contributed by atoms with Gasteiger partial charge in [0.25, 0.3) is 5.56 Å². The summed E-state index contributed by atoms with van der Waals surface area (Å²) >= 11 is 0. The van der Waals surface area contributed by atoms with Crippen LogP contribution in [0.4, 0.5) is 5.69 Å². The zero-order chi connectivity index (χ0) is 16.4. The number of nitrogens with one attached hydrogen (secondary N) is 1. The number of aromatic nitrogens is 1. The highest BCUT2D eigenvalue weighted by atomic mass is 16.5. The van der Waals surface area contributed by atoms with Gasteiger partial charge in [-0.2, -0.15) is 0 Å². The Labute approximate surface area is 128 Å². The largest absolute Gasteiger partial charge is 0.496 e. The van der Waals surface area contributed by atoms with Crippen molar-refractivity contribution in [1.29, 1.82) is 5.41 Å². The Bertz CT molecular complexity index is 769. The van der Waals surface area contributed by atoms with Crippen molar-refractivity contribution in [3.63, 3.8) is 0 Å². The molecular weight excluding hydrogens is 282 g/mol. The molecule has 116 valence electrons. The van der Waals surface area contributed by atoms with Crippen molar-refractivity contribution in [1.82, 2.24) is 4.57 Å². The quantitative estimate of drug-likeness (QED) is 0.845. The first kappa shape index (κ1) is 15.6. The van der Waals surface area contributed by atoms with Crippen molar-refractivity contribution in [2.45, 2.75) is 6.92 Å². The van der Waals surface area contributed by atoms with Crippen molar-refractivity contribution in [3.8, 4) is 22.6 Å².